The number of H-pyrrole nitrogens is 2. The van der Waals surface area contributed by atoms with Gasteiger partial charge in [0.2, 0.25) is 0 Å². The van der Waals surface area contributed by atoms with E-state index in [1.165, 1.54) is 0 Å². The molecule has 0 aliphatic carbocycles. The summed E-state index contributed by atoms with van der Waals surface area (Å²) < 4.78 is 0. The minimum absolute atomic E-state index is 0.150. The molecule has 0 saturated carbocycles. The molecule has 0 atom stereocenters. The van der Waals surface area contributed by atoms with Crippen LogP contribution in [0.3, 0.4) is 0 Å². The molecule has 0 bridgehead atoms. The number of aryl methyl sites for hydroxylation is 1. The minimum atomic E-state index is -0.150. The van der Waals surface area contributed by atoms with Crippen LogP contribution in [-0.2, 0) is 0 Å². The molecule has 4 nitrogen and oxygen atoms in total. The van der Waals surface area contributed by atoms with Crippen LogP contribution in [0.25, 0.3) is 11.6 Å². The molecular formula is C19H14ClN3O. The number of fused-ring (bicyclic) bond motifs is 1. The number of nitrogens with one attached hydrogen (secondary N) is 2. The Morgan fingerprint density at radius 1 is 1.08 bits per heavy atom. The van der Waals surface area contributed by atoms with E-state index in [0.29, 0.717) is 10.6 Å². The van der Waals surface area contributed by atoms with Crippen LogP contribution in [0.1, 0.15) is 22.4 Å². The summed E-state index contributed by atoms with van der Waals surface area (Å²) in [4.78, 5) is 16.8. The van der Waals surface area contributed by atoms with E-state index in [0.717, 1.165) is 33.8 Å². The van der Waals surface area contributed by atoms with Gasteiger partial charge < -0.3 is 5.10 Å². The number of nitrogens with zero attached hydrogens (tertiary/aromatic N) is 1. The van der Waals surface area contributed by atoms with E-state index in [1.807, 2.05) is 61.5 Å². The number of aromatic nitrogens is 2. The van der Waals surface area contributed by atoms with Gasteiger partial charge in [-0.2, -0.15) is 0 Å². The number of halogens is 1. The highest BCUT2D eigenvalue weighted by molar-refractivity contribution is 6.39. The average Bonchev–Trinajstić information content (AvgIpc) is 3.11. The number of aromatic amines is 2. The molecule has 0 amide bonds. The number of allylic oxidation sites excluding steroid dienone is 1. The highest BCUT2D eigenvalue weighted by atomic mass is 35.5. The predicted molar refractivity (Wildman–Crippen MR) is 98.1 cm³/mol. The molecule has 2 aromatic carbocycles. The lowest BCUT2D eigenvalue weighted by atomic mass is 9.96. The first-order chi connectivity index (χ1) is 11.6. The molecule has 0 spiro atoms. The summed E-state index contributed by atoms with van der Waals surface area (Å²) in [5, 5.41) is 6.11. The lowest BCUT2D eigenvalue weighted by molar-refractivity contribution is 1.02. The molecule has 4 rings (SSSR count). The molecule has 0 saturated heterocycles. The van der Waals surface area contributed by atoms with E-state index in [-0.39, 0.29) is 5.56 Å². The van der Waals surface area contributed by atoms with Gasteiger partial charge in [0, 0.05) is 27.4 Å². The number of rotatable bonds is 2. The Labute approximate surface area is 143 Å². The summed E-state index contributed by atoms with van der Waals surface area (Å²) in [6.07, 6.45) is 1.87. The molecule has 5 heteroatoms. The van der Waals surface area contributed by atoms with Gasteiger partial charge in [0.1, 0.15) is 0 Å². The second-order valence-corrected chi connectivity index (χ2v) is 6.10. The zero-order chi connectivity index (χ0) is 16.7. The van der Waals surface area contributed by atoms with Crippen LogP contribution >= 0.6 is 11.6 Å². The molecule has 2 N–H and O–H groups in total. The standard InChI is InChI=1S/C19H14ClN3O/c1-11-14(19(24)23-22-11)10-16-15-9-13(20)7-8-17(15)21-18(16)12-5-3-2-4-6-12/h2-10H,1H3,(H2,22,23,24). The van der Waals surface area contributed by atoms with Gasteiger partial charge in [0.15, 0.2) is 0 Å². The van der Waals surface area contributed by atoms with E-state index < -0.39 is 0 Å². The van der Waals surface area contributed by atoms with Crippen molar-refractivity contribution in [2.24, 2.45) is 4.99 Å². The summed E-state index contributed by atoms with van der Waals surface area (Å²) in [6, 6.07) is 15.5. The van der Waals surface area contributed by atoms with Gasteiger partial charge in [-0.05, 0) is 31.2 Å². The lowest BCUT2D eigenvalue weighted by Crippen LogP contribution is -2.05. The van der Waals surface area contributed by atoms with Crippen molar-refractivity contribution in [3.63, 3.8) is 0 Å². The Kier molecular flexibility index (Phi) is 3.47. The van der Waals surface area contributed by atoms with Crippen LogP contribution in [0, 0.1) is 6.92 Å². The minimum Gasteiger partial charge on any atom is -0.302 e. The van der Waals surface area contributed by atoms with Gasteiger partial charge in [-0.1, -0.05) is 41.9 Å². The average molecular weight is 336 g/mol. The summed E-state index contributed by atoms with van der Waals surface area (Å²) >= 11 is 6.17. The SMILES string of the molecule is Cc1[nH][nH]c(=O)c1C=C1C(c2ccccc2)=Nc2ccc(Cl)cc21. The third kappa shape index (κ3) is 2.41. The molecule has 0 fully saturated rings. The van der Waals surface area contributed by atoms with Gasteiger partial charge in [-0.3, -0.25) is 9.89 Å². The summed E-state index contributed by atoms with van der Waals surface area (Å²) in [6.45, 7) is 1.86. The Morgan fingerprint density at radius 2 is 1.88 bits per heavy atom. The van der Waals surface area contributed by atoms with Gasteiger partial charge >= 0.3 is 0 Å². The van der Waals surface area contributed by atoms with Crippen molar-refractivity contribution in [3.8, 4) is 0 Å². The van der Waals surface area contributed by atoms with E-state index >= 15 is 0 Å². The van der Waals surface area contributed by atoms with Crippen molar-refractivity contribution in [2.75, 3.05) is 0 Å². The topological polar surface area (TPSA) is 61.0 Å². The zero-order valence-electron chi connectivity index (χ0n) is 12.9. The smallest absolute Gasteiger partial charge is 0.271 e. The van der Waals surface area contributed by atoms with Crippen molar-refractivity contribution in [3.05, 3.63) is 86.3 Å². The molecule has 1 aromatic heterocycles. The number of hydrogen-bond acceptors (Lipinski definition) is 2. The maximum absolute atomic E-state index is 12.1. The van der Waals surface area contributed by atoms with Gasteiger partial charge in [-0.15, -0.1) is 0 Å². The highest BCUT2D eigenvalue weighted by Gasteiger charge is 2.23. The van der Waals surface area contributed by atoms with Crippen LogP contribution < -0.4 is 5.56 Å². The first-order valence-corrected chi connectivity index (χ1v) is 7.94. The van der Waals surface area contributed by atoms with E-state index in [2.05, 4.69) is 10.2 Å². The summed E-state index contributed by atoms with van der Waals surface area (Å²) in [7, 11) is 0. The van der Waals surface area contributed by atoms with Gasteiger partial charge in [0.25, 0.3) is 5.56 Å². The predicted octanol–water partition coefficient (Wildman–Crippen LogP) is 4.34. The molecule has 2 heterocycles. The van der Waals surface area contributed by atoms with Crippen LogP contribution in [0.5, 0.6) is 0 Å². The first-order valence-electron chi connectivity index (χ1n) is 7.57. The zero-order valence-corrected chi connectivity index (χ0v) is 13.7. The van der Waals surface area contributed by atoms with Gasteiger partial charge in [-0.25, -0.2) is 4.99 Å². The van der Waals surface area contributed by atoms with E-state index in [4.69, 9.17) is 16.6 Å². The van der Waals surface area contributed by atoms with E-state index in [9.17, 15) is 4.79 Å². The fourth-order valence-corrected chi connectivity index (χ4v) is 3.04. The third-order valence-corrected chi connectivity index (χ3v) is 4.32. The van der Waals surface area contributed by atoms with Crippen LogP contribution in [-0.4, -0.2) is 15.9 Å². The molecule has 0 unspecified atom stereocenters. The molecule has 1 aliphatic heterocycles. The Hall–Kier alpha value is -2.85. The molecule has 3 aromatic rings. The van der Waals surface area contributed by atoms with Crippen molar-refractivity contribution < 1.29 is 0 Å². The number of benzene rings is 2. The van der Waals surface area contributed by atoms with Crippen LogP contribution in [0.4, 0.5) is 5.69 Å². The largest absolute Gasteiger partial charge is 0.302 e. The highest BCUT2D eigenvalue weighted by Crippen LogP contribution is 2.39. The Bertz CT molecular complexity index is 1040. The summed E-state index contributed by atoms with van der Waals surface area (Å²) in [5.74, 6) is 0. The van der Waals surface area contributed by atoms with Crippen molar-refractivity contribution in [1.29, 1.82) is 0 Å². The first kappa shape index (κ1) is 14.7. The molecular weight excluding hydrogens is 322 g/mol. The molecule has 1 aliphatic rings. The Balaban J connectivity index is 1.96. The number of aliphatic imine (C=N–C) groups is 1. The monoisotopic (exact) mass is 335 g/mol. The fraction of sp³-hybridized carbons (Fsp3) is 0.0526. The normalized spacial score (nSPS) is 14.8. The molecule has 24 heavy (non-hydrogen) atoms. The molecule has 118 valence electrons. The maximum Gasteiger partial charge on any atom is 0.271 e. The maximum atomic E-state index is 12.1. The third-order valence-electron chi connectivity index (χ3n) is 4.08. The van der Waals surface area contributed by atoms with Crippen LogP contribution in [0.2, 0.25) is 5.02 Å². The van der Waals surface area contributed by atoms with Crippen molar-refractivity contribution >= 4 is 34.6 Å². The summed E-state index contributed by atoms with van der Waals surface area (Å²) in [5.41, 5.74) is 5.76. The second-order valence-electron chi connectivity index (χ2n) is 5.66. The van der Waals surface area contributed by atoms with Crippen LogP contribution in [0.15, 0.2) is 58.3 Å². The van der Waals surface area contributed by atoms with E-state index in [1.54, 1.807) is 0 Å². The second kappa shape index (κ2) is 5.65. The Morgan fingerprint density at radius 3 is 2.58 bits per heavy atom. The van der Waals surface area contributed by atoms with Crippen molar-refractivity contribution in [1.82, 2.24) is 10.2 Å². The molecule has 0 radical (unpaired) electrons. The van der Waals surface area contributed by atoms with Gasteiger partial charge in [0.05, 0.1) is 17.0 Å². The van der Waals surface area contributed by atoms with Crippen molar-refractivity contribution in [2.45, 2.75) is 6.92 Å². The fourth-order valence-electron chi connectivity index (χ4n) is 2.87. The lowest BCUT2D eigenvalue weighted by Gasteiger charge is -2.06. The quantitative estimate of drug-likeness (QED) is 0.719. The number of hydrogen-bond donors (Lipinski definition) is 2.